The molecule has 0 saturated carbocycles. The Morgan fingerprint density at radius 2 is 2.21 bits per heavy atom. The van der Waals surface area contributed by atoms with E-state index in [-0.39, 0.29) is 24.0 Å². The zero-order valence-corrected chi connectivity index (χ0v) is 18.2. The molecule has 0 aliphatic carbocycles. The molecule has 0 spiro atoms. The van der Waals surface area contributed by atoms with Crippen molar-refractivity contribution in [1.82, 2.24) is 20.4 Å². The molecule has 1 aromatic heterocycles. The molecule has 8 heteroatoms. The Labute approximate surface area is 173 Å². The van der Waals surface area contributed by atoms with Gasteiger partial charge in [0, 0.05) is 41.5 Å². The summed E-state index contributed by atoms with van der Waals surface area (Å²) >= 11 is 9.63. The van der Waals surface area contributed by atoms with Crippen LogP contribution in [0.5, 0.6) is 0 Å². The Morgan fingerprint density at radius 3 is 2.88 bits per heavy atom. The van der Waals surface area contributed by atoms with E-state index < -0.39 is 0 Å². The van der Waals surface area contributed by atoms with Crippen LogP contribution in [0, 0.1) is 0 Å². The van der Waals surface area contributed by atoms with Crippen LogP contribution in [0.25, 0.3) is 0 Å². The fourth-order valence-corrected chi connectivity index (χ4v) is 2.77. The highest BCUT2D eigenvalue weighted by atomic mass is 127. The smallest absolute Gasteiger partial charge is 0.191 e. The van der Waals surface area contributed by atoms with Gasteiger partial charge in [-0.05, 0) is 37.1 Å². The van der Waals surface area contributed by atoms with E-state index in [1.54, 1.807) is 6.20 Å². The predicted molar refractivity (Wildman–Crippen MR) is 114 cm³/mol. The van der Waals surface area contributed by atoms with Gasteiger partial charge in [-0.15, -0.1) is 24.0 Å². The molecule has 0 aliphatic rings. The van der Waals surface area contributed by atoms with Crippen molar-refractivity contribution < 1.29 is 0 Å². The van der Waals surface area contributed by atoms with Gasteiger partial charge >= 0.3 is 0 Å². The highest BCUT2D eigenvalue weighted by molar-refractivity contribution is 14.0. The molecular formula is C16H22BrClIN5. The Bertz CT molecular complexity index is 633. The second-order valence-electron chi connectivity index (χ2n) is 4.98. The number of benzene rings is 1. The molecular weight excluding hydrogens is 504 g/mol. The number of halogens is 3. The summed E-state index contributed by atoms with van der Waals surface area (Å²) in [4.78, 5) is 4.58. The van der Waals surface area contributed by atoms with Gasteiger partial charge in [0.05, 0.1) is 6.54 Å². The van der Waals surface area contributed by atoms with Crippen LogP contribution in [0.1, 0.15) is 18.9 Å². The number of hydrogen-bond donors (Lipinski definition) is 2. The highest BCUT2D eigenvalue weighted by Gasteiger charge is 2.02. The van der Waals surface area contributed by atoms with Gasteiger partial charge in [0.25, 0.3) is 0 Å². The summed E-state index contributed by atoms with van der Waals surface area (Å²) in [6.45, 7) is 5.13. The van der Waals surface area contributed by atoms with Crippen molar-refractivity contribution in [1.29, 1.82) is 0 Å². The molecule has 0 amide bonds. The maximum absolute atomic E-state index is 6.22. The van der Waals surface area contributed by atoms with Gasteiger partial charge in [0.2, 0.25) is 0 Å². The van der Waals surface area contributed by atoms with E-state index in [0.717, 1.165) is 47.1 Å². The third kappa shape index (κ3) is 7.40. The van der Waals surface area contributed by atoms with Crippen LogP contribution in [0.2, 0.25) is 5.02 Å². The molecule has 0 unspecified atom stereocenters. The minimum absolute atomic E-state index is 0. The van der Waals surface area contributed by atoms with Gasteiger partial charge in [0.1, 0.15) is 0 Å². The highest BCUT2D eigenvalue weighted by Crippen LogP contribution is 2.21. The number of nitrogens with one attached hydrogen (secondary N) is 2. The molecule has 0 fully saturated rings. The minimum Gasteiger partial charge on any atom is -0.357 e. The molecule has 0 bridgehead atoms. The van der Waals surface area contributed by atoms with Crippen molar-refractivity contribution >= 4 is 57.5 Å². The Hall–Kier alpha value is -0.800. The average Bonchev–Trinajstić information content (AvgIpc) is 3.03. The molecule has 2 rings (SSSR count). The lowest BCUT2D eigenvalue weighted by molar-refractivity contribution is 0.570. The van der Waals surface area contributed by atoms with Crippen molar-refractivity contribution in [2.24, 2.45) is 4.99 Å². The molecule has 1 aromatic carbocycles. The van der Waals surface area contributed by atoms with Crippen molar-refractivity contribution in [2.45, 2.75) is 26.4 Å². The summed E-state index contributed by atoms with van der Waals surface area (Å²) in [6, 6.07) is 7.77. The SMILES string of the molecule is CCNC(=NCc1ccc(Br)cc1Cl)NCCCn1cccn1.I. The molecule has 2 aromatic rings. The summed E-state index contributed by atoms with van der Waals surface area (Å²) < 4.78 is 2.90. The number of hydrogen-bond acceptors (Lipinski definition) is 2. The summed E-state index contributed by atoms with van der Waals surface area (Å²) in [7, 11) is 0. The monoisotopic (exact) mass is 525 g/mol. The van der Waals surface area contributed by atoms with Crippen molar-refractivity contribution in [2.75, 3.05) is 13.1 Å². The number of aliphatic imine (C=N–C) groups is 1. The van der Waals surface area contributed by atoms with E-state index in [1.165, 1.54) is 0 Å². The molecule has 0 atom stereocenters. The average molecular weight is 527 g/mol. The van der Waals surface area contributed by atoms with E-state index in [2.05, 4.69) is 36.7 Å². The lowest BCUT2D eigenvalue weighted by Gasteiger charge is -2.11. The third-order valence-electron chi connectivity index (χ3n) is 3.18. The first-order valence-corrected chi connectivity index (χ1v) is 8.79. The molecule has 1 heterocycles. The molecule has 5 nitrogen and oxygen atoms in total. The van der Waals surface area contributed by atoms with E-state index in [4.69, 9.17) is 11.6 Å². The van der Waals surface area contributed by atoms with Crippen LogP contribution >= 0.6 is 51.5 Å². The first kappa shape index (κ1) is 21.2. The van der Waals surface area contributed by atoms with Crippen molar-refractivity contribution in [3.63, 3.8) is 0 Å². The Kier molecular flexibility index (Phi) is 10.4. The second kappa shape index (κ2) is 11.7. The summed E-state index contributed by atoms with van der Waals surface area (Å²) in [5.41, 5.74) is 1.00. The van der Waals surface area contributed by atoms with Crippen molar-refractivity contribution in [3.8, 4) is 0 Å². The van der Waals surface area contributed by atoms with Crippen LogP contribution in [-0.4, -0.2) is 28.8 Å². The molecule has 132 valence electrons. The fraction of sp³-hybridized carbons (Fsp3) is 0.375. The minimum atomic E-state index is 0. The summed E-state index contributed by atoms with van der Waals surface area (Å²) in [5.74, 6) is 0.798. The topological polar surface area (TPSA) is 54.2 Å². The zero-order valence-electron chi connectivity index (χ0n) is 13.5. The van der Waals surface area contributed by atoms with Gasteiger partial charge in [0.15, 0.2) is 5.96 Å². The third-order valence-corrected chi connectivity index (χ3v) is 4.03. The Morgan fingerprint density at radius 1 is 1.38 bits per heavy atom. The molecule has 0 radical (unpaired) electrons. The first-order valence-electron chi connectivity index (χ1n) is 7.62. The van der Waals surface area contributed by atoms with Gasteiger partial charge in [-0.2, -0.15) is 5.10 Å². The molecule has 24 heavy (non-hydrogen) atoms. The van der Waals surface area contributed by atoms with E-state index in [0.29, 0.717) is 6.54 Å². The van der Waals surface area contributed by atoms with Gasteiger partial charge in [-0.3, -0.25) is 4.68 Å². The maximum atomic E-state index is 6.22. The standard InChI is InChI=1S/C16H21BrClN5.HI/c1-2-19-16(20-7-3-9-23-10-4-8-22-23)21-12-13-5-6-14(17)11-15(13)18;/h4-6,8,10-11H,2-3,7,9,12H2,1H3,(H2,19,20,21);1H. The summed E-state index contributed by atoms with van der Waals surface area (Å²) in [5, 5.41) is 11.5. The molecule has 2 N–H and O–H groups in total. The van der Waals surface area contributed by atoms with Crippen LogP contribution in [0.4, 0.5) is 0 Å². The normalized spacial score (nSPS) is 11.0. The predicted octanol–water partition coefficient (Wildman–Crippen LogP) is 4.06. The Balaban J connectivity index is 0.00000288. The van der Waals surface area contributed by atoms with Crippen LogP contribution in [-0.2, 0) is 13.1 Å². The largest absolute Gasteiger partial charge is 0.357 e. The van der Waals surface area contributed by atoms with Crippen LogP contribution < -0.4 is 10.6 Å². The number of rotatable bonds is 7. The maximum Gasteiger partial charge on any atom is 0.191 e. The molecule has 0 aliphatic heterocycles. The fourth-order valence-electron chi connectivity index (χ4n) is 2.04. The lowest BCUT2D eigenvalue weighted by atomic mass is 10.2. The number of aromatic nitrogens is 2. The number of nitrogens with zero attached hydrogens (tertiary/aromatic N) is 3. The van der Waals surface area contributed by atoms with E-state index >= 15 is 0 Å². The first-order chi connectivity index (χ1) is 11.2. The second-order valence-corrected chi connectivity index (χ2v) is 6.30. The summed E-state index contributed by atoms with van der Waals surface area (Å²) in [6.07, 6.45) is 4.74. The van der Waals surface area contributed by atoms with E-state index in [1.807, 2.05) is 42.1 Å². The van der Waals surface area contributed by atoms with Gasteiger partial charge in [-0.1, -0.05) is 33.6 Å². The van der Waals surface area contributed by atoms with Gasteiger partial charge in [-0.25, -0.2) is 4.99 Å². The lowest BCUT2D eigenvalue weighted by Crippen LogP contribution is -2.38. The molecule has 0 saturated heterocycles. The van der Waals surface area contributed by atoms with E-state index in [9.17, 15) is 0 Å². The van der Waals surface area contributed by atoms with Crippen LogP contribution in [0.15, 0.2) is 46.1 Å². The van der Waals surface area contributed by atoms with Crippen LogP contribution in [0.3, 0.4) is 0 Å². The number of aryl methyl sites for hydroxylation is 1. The zero-order chi connectivity index (χ0) is 16.5. The quantitative estimate of drug-likeness (QED) is 0.248. The van der Waals surface area contributed by atoms with Gasteiger partial charge < -0.3 is 10.6 Å². The van der Waals surface area contributed by atoms with Crippen molar-refractivity contribution in [3.05, 3.63) is 51.7 Å². The number of guanidine groups is 1.